The van der Waals surface area contributed by atoms with E-state index in [1.165, 1.54) is 88.9 Å². The van der Waals surface area contributed by atoms with Crippen LogP contribution in [0.5, 0.6) is 0 Å². The van der Waals surface area contributed by atoms with E-state index in [0.717, 1.165) is 22.7 Å². The van der Waals surface area contributed by atoms with Crippen LogP contribution in [0.3, 0.4) is 0 Å². The first-order valence-electron chi connectivity index (χ1n) is 22.4. The smallest absolute Gasteiger partial charge is 0.0726 e. The molecule has 3 aliphatic rings. The molecule has 2 nitrogen and oxygen atoms in total. The lowest BCUT2D eigenvalue weighted by atomic mass is 9.70. The van der Waals surface area contributed by atoms with Crippen LogP contribution in [0, 0.1) is 0 Å². The number of para-hydroxylation sites is 3. The lowest BCUT2D eigenvalue weighted by Gasteiger charge is -2.35. The van der Waals surface area contributed by atoms with E-state index in [1.807, 2.05) is 0 Å². The summed E-state index contributed by atoms with van der Waals surface area (Å²) in [5, 5.41) is 2.49. The van der Waals surface area contributed by atoms with E-state index in [-0.39, 0.29) is 5.41 Å². The molecule has 3 aliphatic carbocycles. The number of fused-ring (bicyclic) bond motifs is 15. The summed E-state index contributed by atoms with van der Waals surface area (Å²) in [6.07, 6.45) is 0. The summed E-state index contributed by atoms with van der Waals surface area (Å²) in [6, 6.07) is 85.7. The lowest BCUT2D eigenvalue weighted by molar-refractivity contribution is 0.661. The zero-order valence-electron chi connectivity index (χ0n) is 35.8. The Hall–Kier alpha value is -7.94. The topological polar surface area (TPSA) is 6.48 Å². The van der Waals surface area contributed by atoms with Crippen molar-refractivity contribution in [1.29, 1.82) is 0 Å². The molecular weight excluding hydrogens is 773 g/mol. The van der Waals surface area contributed by atoms with Crippen molar-refractivity contribution in [3.05, 3.63) is 264 Å². The normalized spacial score (nSPS) is 15.5. The average molecular weight is 817 g/mol. The first-order valence-corrected chi connectivity index (χ1v) is 22.4. The SMILES string of the molecule is CC1(C)c2ccccc2-c2cccc(N(c3ccccc3)c3cc4c(c5ccccc35)-c3ccccc3C43c4ccccc4-c4cc(N(c5ccccc5)c5ccccc5)ccc43)c21. The predicted molar refractivity (Wildman–Crippen MR) is 267 cm³/mol. The minimum Gasteiger partial charge on any atom is -0.310 e. The van der Waals surface area contributed by atoms with Gasteiger partial charge in [-0.25, -0.2) is 0 Å². The molecule has 0 fully saturated rings. The molecule has 10 aromatic carbocycles. The molecule has 0 saturated carbocycles. The number of anilines is 6. The molecule has 0 heterocycles. The second kappa shape index (κ2) is 13.8. The predicted octanol–water partition coefficient (Wildman–Crippen LogP) is 16.4. The van der Waals surface area contributed by atoms with Gasteiger partial charge in [0.2, 0.25) is 0 Å². The lowest BCUT2D eigenvalue weighted by Crippen LogP contribution is -2.26. The molecule has 0 N–H and O–H groups in total. The second-order valence-corrected chi connectivity index (χ2v) is 18.0. The number of hydrogen-bond donors (Lipinski definition) is 0. The molecular formula is C62H44N2. The Morgan fingerprint density at radius 2 is 0.781 bits per heavy atom. The summed E-state index contributed by atoms with van der Waals surface area (Å²) < 4.78 is 0. The van der Waals surface area contributed by atoms with Gasteiger partial charge in [-0.1, -0.05) is 184 Å². The van der Waals surface area contributed by atoms with Crippen molar-refractivity contribution in [3.8, 4) is 33.4 Å². The Labute approximate surface area is 375 Å². The Balaban J connectivity index is 1.11. The van der Waals surface area contributed by atoms with Gasteiger partial charge in [-0.2, -0.15) is 0 Å². The van der Waals surface area contributed by atoms with Crippen LogP contribution < -0.4 is 9.80 Å². The van der Waals surface area contributed by atoms with Crippen molar-refractivity contribution in [3.63, 3.8) is 0 Å². The van der Waals surface area contributed by atoms with Crippen molar-refractivity contribution in [2.45, 2.75) is 24.7 Å². The fourth-order valence-corrected chi connectivity index (χ4v) is 11.9. The minimum atomic E-state index is -0.560. The molecule has 0 aliphatic heterocycles. The molecule has 10 aromatic rings. The third-order valence-electron chi connectivity index (χ3n) is 14.4. The molecule has 1 spiro atoms. The van der Waals surface area contributed by atoms with Crippen molar-refractivity contribution in [2.75, 3.05) is 9.80 Å². The van der Waals surface area contributed by atoms with Crippen LogP contribution in [-0.4, -0.2) is 0 Å². The largest absolute Gasteiger partial charge is 0.310 e. The van der Waals surface area contributed by atoms with Crippen LogP contribution in [0.1, 0.15) is 47.2 Å². The summed E-state index contributed by atoms with van der Waals surface area (Å²) >= 11 is 0. The highest BCUT2D eigenvalue weighted by molar-refractivity contribution is 6.12. The number of benzene rings is 10. The van der Waals surface area contributed by atoms with Crippen LogP contribution in [0.2, 0.25) is 0 Å². The number of nitrogens with zero attached hydrogens (tertiary/aromatic N) is 2. The van der Waals surface area contributed by atoms with Gasteiger partial charge in [0.1, 0.15) is 0 Å². The molecule has 0 bridgehead atoms. The Kier molecular flexibility index (Phi) is 7.90. The van der Waals surface area contributed by atoms with Gasteiger partial charge in [0.25, 0.3) is 0 Å². The maximum Gasteiger partial charge on any atom is 0.0726 e. The van der Waals surface area contributed by atoms with Gasteiger partial charge >= 0.3 is 0 Å². The first kappa shape index (κ1) is 36.7. The third-order valence-corrected chi connectivity index (χ3v) is 14.4. The van der Waals surface area contributed by atoms with Crippen molar-refractivity contribution in [2.24, 2.45) is 0 Å². The molecule has 302 valence electrons. The fourth-order valence-electron chi connectivity index (χ4n) is 11.9. The van der Waals surface area contributed by atoms with Gasteiger partial charge in [-0.15, -0.1) is 0 Å². The van der Waals surface area contributed by atoms with Gasteiger partial charge in [-0.05, 0) is 133 Å². The standard InChI is InChI=1S/C62H44N2/c1-61(2)52-33-17-14-27-45(52)49-32-20-36-57(60(49)61)64(43-25-10-5-11-26-43)58-40-56-59(48-30-13-12-29-47(48)58)50-31-16-19-35-54(50)62(56)53-34-18-15-28-46(53)51-39-44(37-38-55(51)62)63(41-21-6-3-7-22-41)42-23-8-4-9-24-42/h3-40H,1-2H3. The molecule has 2 heteroatoms. The Morgan fingerprint density at radius 3 is 1.44 bits per heavy atom. The quantitative estimate of drug-likeness (QED) is 0.165. The average Bonchev–Trinajstić information content (AvgIpc) is 3.91. The molecule has 64 heavy (non-hydrogen) atoms. The zero-order chi connectivity index (χ0) is 42.6. The van der Waals surface area contributed by atoms with E-state index in [0.29, 0.717) is 0 Å². The van der Waals surface area contributed by atoms with Crippen LogP contribution in [-0.2, 0) is 10.8 Å². The molecule has 0 aromatic heterocycles. The van der Waals surface area contributed by atoms with Gasteiger partial charge in [0, 0.05) is 33.6 Å². The van der Waals surface area contributed by atoms with E-state index in [4.69, 9.17) is 0 Å². The molecule has 13 rings (SSSR count). The van der Waals surface area contributed by atoms with Crippen LogP contribution >= 0.6 is 0 Å². The molecule has 0 saturated heterocycles. The van der Waals surface area contributed by atoms with Crippen LogP contribution in [0.4, 0.5) is 34.1 Å². The van der Waals surface area contributed by atoms with Crippen LogP contribution in [0.25, 0.3) is 44.2 Å². The third kappa shape index (κ3) is 4.97. The maximum atomic E-state index is 2.57. The molecule has 0 radical (unpaired) electrons. The zero-order valence-corrected chi connectivity index (χ0v) is 35.8. The highest BCUT2D eigenvalue weighted by atomic mass is 15.2. The first-order chi connectivity index (χ1) is 31.5. The summed E-state index contributed by atoms with van der Waals surface area (Å²) in [7, 11) is 0. The van der Waals surface area contributed by atoms with Crippen molar-refractivity contribution >= 4 is 44.9 Å². The highest BCUT2D eigenvalue weighted by Gasteiger charge is 2.53. The minimum absolute atomic E-state index is 0.214. The number of hydrogen-bond acceptors (Lipinski definition) is 2. The van der Waals surface area contributed by atoms with E-state index in [1.54, 1.807) is 0 Å². The number of rotatable bonds is 6. The second-order valence-electron chi connectivity index (χ2n) is 18.0. The summed E-state index contributed by atoms with van der Waals surface area (Å²) in [6.45, 7) is 4.79. The summed E-state index contributed by atoms with van der Waals surface area (Å²) in [5.41, 5.74) is 21.9. The van der Waals surface area contributed by atoms with Crippen molar-refractivity contribution < 1.29 is 0 Å². The summed E-state index contributed by atoms with van der Waals surface area (Å²) in [4.78, 5) is 4.94. The van der Waals surface area contributed by atoms with E-state index in [9.17, 15) is 0 Å². The van der Waals surface area contributed by atoms with E-state index >= 15 is 0 Å². The van der Waals surface area contributed by atoms with Gasteiger partial charge < -0.3 is 9.80 Å². The van der Waals surface area contributed by atoms with Gasteiger partial charge in [0.05, 0.1) is 16.8 Å². The van der Waals surface area contributed by atoms with E-state index in [2.05, 4.69) is 254 Å². The highest BCUT2D eigenvalue weighted by Crippen LogP contribution is 2.66. The summed E-state index contributed by atoms with van der Waals surface area (Å²) in [5.74, 6) is 0. The molecule has 1 atom stereocenters. The fraction of sp³-hybridized carbons (Fsp3) is 0.0645. The van der Waals surface area contributed by atoms with Crippen LogP contribution in [0.15, 0.2) is 231 Å². The Morgan fingerprint density at radius 1 is 0.297 bits per heavy atom. The molecule has 1 unspecified atom stereocenters. The van der Waals surface area contributed by atoms with Gasteiger partial charge in [0.15, 0.2) is 0 Å². The molecule has 0 amide bonds. The monoisotopic (exact) mass is 816 g/mol. The van der Waals surface area contributed by atoms with E-state index < -0.39 is 5.41 Å². The Bertz CT molecular complexity index is 3440. The van der Waals surface area contributed by atoms with Gasteiger partial charge in [-0.3, -0.25) is 0 Å². The maximum absolute atomic E-state index is 2.57. The van der Waals surface area contributed by atoms with Crippen molar-refractivity contribution in [1.82, 2.24) is 0 Å².